The highest BCUT2D eigenvalue weighted by atomic mass is 16.5. The van der Waals surface area contributed by atoms with Gasteiger partial charge < -0.3 is 14.8 Å². The highest BCUT2D eigenvalue weighted by Crippen LogP contribution is 2.27. The van der Waals surface area contributed by atoms with Crippen LogP contribution in [0.15, 0.2) is 54.7 Å². The summed E-state index contributed by atoms with van der Waals surface area (Å²) in [4.78, 5) is 4.79. The summed E-state index contributed by atoms with van der Waals surface area (Å²) in [6.07, 6.45) is 5.00. The van der Waals surface area contributed by atoms with Crippen molar-refractivity contribution >= 4 is 16.6 Å². The maximum absolute atomic E-state index is 6.16. The highest BCUT2D eigenvalue weighted by Gasteiger charge is 2.31. The van der Waals surface area contributed by atoms with Gasteiger partial charge in [0.1, 0.15) is 23.7 Å². The molecule has 0 bridgehead atoms. The lowest BCUT2D eigenvalue weighted by molar-refractivity contribution is -0.0524. The molecular weight excluding hydrogens is 378 g/mol. The number of pyridine rings is 2. The number of fused-ring (bicyclic) bond motifs is 2. The van der Waals surface area contributed by atoms with Gasteiger partial charge in [0.05, 0.1) is 5.52 Å². The van der Waals surface area contributed by atoms with Gasteiger partial charge in [-0.05, 0) is 68.8 Å². The summed E-state index contributed by atoms with van der Waals surface area (Å²) in [6, 6.07) is 15.9. The fraction of sp³-hybridized carbons (Fsp3) is 0.348. The Morgan fingerprint density at radius 1 is 1.07 bits per heavy atom. The Hall–Kier alpha value is -3.03. The zero-order valence-electron chi connectivity index (χ0n) is 17.0. The van der Waals surface area contributed by atoms with Crippen molar-refractivity contribution in [1.82, 2.24) is 24.9 Å². The molecule has 0 amide bonds. The largest absolute Gasteiger partial charge is 0.491 e. The maximum Gasteiger partial charge on any atom is 0.187 e. The fourth-order valence-corrected chi connectivity index (χ4v) is 4.06. The molecule has 30 heavy (non-hydrogen) atoms. The number of methoxy groups -OCH3 is 1. The van der Waals surface area contributed by atoms with Crippen LogP contribution in [-0.2, 0) is 4.74 Å². The third-order valence-electron chi connectivity index (χ3n) is 5.88. The summed E-state index contributed by atoms with van der Waals surface area (Å²) in [5.74, 6) is 1.57. The van der Waals surface area contributed by atoms with Gasteiger partial charge in [-0.3, -0.25) is 4.40 Å². The highest BCUT2D eigenvalue weighted by molar-refractivity contribution is 5.82. The standard InChI is InChI=1S/C23H25N5O2/c1-29-23(10-4-12-24-13-11-23)16-30-18-7-9-19-17(15-18)6-8-20(25-19)22-27-26-21-5-2-3-14-28(21)22/h2-3,5-9,14-15,24H,4,10-13,16H2,1H3. The van der Waals surface area contributed by atoms with Crippen molar-refractivity contribution in [2.24, 2.45) is 0 Å². The molecule has 0 spiro atoms. The van der Waals surface area contributed by atoms with E-state index in [0.29, 0.717) is 6.61 Å². The van der Waals surface area contributed by atoms with Crippen LogP contribution < -0.4 is 10.1 Å². The van der Waals surface area contributed by atoms with Crippen molar-refractivity contribution in [3.8, 4) is 17.3 Å². The molecule has 7 heteroatoms. The summed E-state index contributed by atoms with van der Waals surface area (Å²) < 4.78 is 14.0. The molecule has 7 nitrogen and oxygen atoms in total. The summed E-state index contributed by atoms with van der Waals surface area (Å²) in [6.45, 7) is 2.54. The van der Waals surface area contributed by atoms with Gasteiger partial charge in [-0.1, -0.05) is 12.1 Å². The molecule has 1 aromatic carbocycles. The second-order valence-corrected chi connectivity index (χ2v) is 7.78. The van der Waals surface area contributed by atoms with Crippen LogP contribution in [0.25, 0.3) is 28.1 Å². The molecule has 1 aliphatic heterocycles. The van der Waals surface area contributed by atoms with E-state index in [9.17, 15) is 0 Å². The predicted octanol–water partition coefficient (Wildman–Crippen LogP) is 3.48. The Morgan fingerprint density at radius 2 is 2.03 bits per heavy atom. The number of aromatic nitrogens is 4. The van der Waals surface area contributed by atoms with E-state index in [-0.39, 0.29) is 5.60 Å². The van der Waals surface area contributed by atoms with E-state index >= 15 is 0 Å². The molecule has 1 unspecified atom stereocenters. The van der Waals surface area contributed by atoms with Gasteiger partial charge >= 0.3 is 0 Å². The van der Waals surface area contributed by atoms with Gasteiger partial charge in [0.25, 0.3) is 0 Å². The Bertz CT molecular complexity index is 1160. The van der Waals surface area contributed by atoms with E-state index in [1.807, 2.05) is 53.1 Å². The van der Waals surface area contributed by atoms with E-state index in [1.54, 1.807) is 7.11 Å². The third kappa shape index (κ3) is 3.62. The van der Waals surface area contributed by atoms with E-state index in [2.05, 4.69) is 21.6 Å². The quantitative estimate of drug-likeness (QED) is 0.550. The van der Waals surface area contributed by atoms with Gasteiger partial charge in [0.2, 0.25) is 0 Å². The smallest absolute Gasteiger partial charge is 0.187 e. The molecule has 4 heterocycles. The van der Waals surface area contributed by atoms with Gasteiger partial charge in [-0.15, -0.1) is 10.2 Å². The molecule has 5 rings (SSSR count). The van der Waals surface area contributed by atoms with Crippen molar-refractivity contribution in [1.29, 1.82) is 0 Å². The van der Waals surface area contributed by atoms with Crippen LogP contribution in [-0.4, -0.2) is 52.0 Å². The minimum absolute atomic E-state index is 0.227. The summed E-state index contributed by atoms with van der Waals surface area (Å²) in [5, 5.41) is 13.0. The number of ether oxygens (including phenoxy) is 2. The van der Waals surface area contributed by atoms with Crippen LogP contribution in [0.5, 0.6) is 5.75 Å². The zero-order valence-corrected chi connectivity index (χ0v) is 17.0. The van der Waals surface area contributed by atoms with Crippen molar-refractivity contribution < 1.29 is 9.47 Å². The van der Waals surface area contributed by atoms with Gasteiger partial charge in [0.15, 0.2) is 11.5 Å². The average molecular weight is 403 g/mol. The molecule has 1 N–H and O–H groups in total. The Kier molecular flexibility index (Phi) is 5.06. The van der Waals surface area contributed by atoms with Gasteiger partial charge in [0, 0.05) is 18.7 Å². The van der Waals surface area contributed by atoms with Crippen LogP contribution in [0, 0.1) is 0 Å². The lowest BCUT2D eigenvalue weighted by Gasteiger charge is -2.30. The molecule has 0 saturated carbocycles. The SMILES string of the molecule is COC1(COc2ccc3nc(-c4nnc5ccccn45)ccc3c2)CCCNCC1. The van der Waals surface area contributed by atoms with E-state index < -0.39 is 0 Å². The minimum Gasteiger partial charge on any atom is -0.491 e. The minimum atomic E-state index is -0.227. The number of benzene rings is 1. The maximum atomic E-state index is 6.16. The molecule has 154 valence electrons. The summed E-state index contributed by atoms with van der Waals surface area (Å²) in [7, 11) is 1.79. The van der Waals surface area contributed by atoms with Crippen molar-refractivity contribution in [2.45, 2.75) is 24.9 Å². The van der Waals surface area contributed by atoms with Crippen LogP contribution >= 0.6 is 0 Å². The van der Waals surface area contributed by atoms with Crippen LogP contribution in [0.3, 0.4) is 0 Å². The average Bonchev–Trinajstić information content (AvgIpc) is 3.08. The first-order valence-electron chi connectivity index (χ1n) is 10.4. The second-order valence-electron chi connectivity index (χ2n) is 7.78. The lowest BCUT2D eigenvalue weighted by atomic mass is 9.95. The zero-order chi connectivity index (χ0) is 20.4. The molecule has 1 aliphatic rings. The van der Waals surface area contributed by atoms with Crippen LogP contribution in [0.4, 0.5) is 0 Å². The first kappa shape index (κ1) is 19.0. The predicted molar refractivity (Wildman–Crippen MR) is 116 cm³/mol. The number of rotatable bonds is 5. The van der Waals surface area contributed by atoms with E-state index in [0.717, 1.165) is 66.2 Å². The Balaban J connectivity index is 1.38. The topological polar surface area (TPSA) is 73.6 Å². The first-order valence-corrected chi connectivity index (χ1v) is 10.4. The van der Waals surface area contributed by atoms with Crippen molar-refractivity contribution in [3.05, 3.63) is 54.7 Å². The Morgan fingerprint density at radius 3 is 2.97 bits per heavy atom. The third-order valence-corrected chi connectivity index (χ3v) is 5.88. The molecule has 1 saturated heterocycles. The molecule has 4 aromatic rings. The lowest BCUT2D eigenvalue weighted by Crippen LogP contribution is -2.39. The molecule has 0 radical (unpaired) electrons. The first-order chi connectivity index (χ1) is 14.8. The Labute approximate surface area is 175 Å². The molecule has 3 aromatic heterocycles. The summed E-state index contributed by atoms with van der Waals surface area (Å²) in [5.41, 5.74) is 2.26. The number of nitrogens with zero attached hydrogens (tertiary/aromatic N) is 4. The molecule has 0 aliphatic carbocycles. The molecular formula is C23H25N5O2. The number of nitrogens with one attached hydrogen (secondary N) is 1. The monoisotopic (exact) mass is 403 g/mol. The normalized spacial score (nSPS) is 19.8. The summed E-state index contributed by atoms with van der Waals surface area (Å²) >= 11 is 0. The second kappa shape index (κ2) is 8.01. The van der Waals surface area contributed by atoms with Crippen molar-refractivity contribution in [3.63, 3.8) is 0 Å². The molecule has 1 atom stereocenters. The van der Waals surface area contributed by atoms with Gasteiger partial charge in [-0.25, -0.2) is 4.98 Å². The van der Waals surface area contributed by atoms with Crippen LogP contribution in [0.2, 0.25) is 0 Å². The van der Waals surface area contributed by atoms with Crippen molar-refractivity contribution in [2.75, 3.05) is 26.8 Å². The van der Waals surface area contributed by atoms with E-state index in [4.69, 9.17) is 14.5 Å². The molecule has 1 fully saturated rings. The van der Waals surface area contributed by atoms with Gasteiger partial charge in [-0.2, -0.15) is 0 Å². The van der Waals surface area contributed by atoms with Crippen LogP contribution in [0.1, 0.15) is 19.3 Å². The number of hydrogen-bond donors (Lipinski definition) is 1. The fourth-order valence-electron chi connectivity index (χ4n) is 4.06. The van der Waals surface area contributed by atoms with E-state index in [1.165, 1.54) is 0 Å². The number of hydrogen-bond acceptors (Lipinski definition) is 6.